The first-order chi connectivity index (χ1) is 12.2. The van der Waals surface area contributed by atoms with Crippen molar-refractivity contribution in [3.8, 4) is 5.75 Å². The molecule has 2 aromatic carbocycles. The average Bonchev–Trinajstić information content (AvgIpc) is 2.63. The number of nitrogens with zero attached hydrogens (tertiary/aromatic N) is 1. The number of halogens is 1. The van der Waals surface area contributed by atoms with Gasteiger partial charge in [-0.1, -0.05) is 46.3 Å². The second-order valence-corrected chi connectivity index (χ2v) is 8.01. The summed E-state index contributed by atoms with van der Waals surface area (Å²) in [7, 11) is 0. The number of piperidine rings is 1. The van der Waals surface area contributed by atoms with Gasteiger partial charge < -0.3 is 14.3 Å². The van der Waals surface area contributed by atoms with Crippen molar-refractivity contribution in [2.75, 3.05) is 26.2 Å². The molecule has 1 saturated heterocycles. The Labute approximate surface area is 159 Å². The highest BCUT2D eigenvalue weighted by Gasteiger charge is 2.32. The first-order valence-corrected chi connectivity index (χ1v) is 9.90. The van der Waals surface area contributed by atoms with E-state index in [1.54, 1.807) is 0 Å². The summed E-state index contributed by atoms with van der Waals surface area (Å²) in [4.78, 5) is 0. The standard InChI is InChI=1S/C21H27BrNO2/c22-19-9-11-21(12-10-19)25-17-20(24)16-23(13-5-2-6-14-23)15-18-7-3-1-4-8-18/h1,3-4,7-12,20,24H,2,5-6,13-17H2/q+1. The van der Waals surface area contributed by atoms with Crippen LogP contribution in [-0.4, -0.2) is 41.9 Å². The number of quaternary nitrogens is 1. The van der Waals surface area contributed by atoms with Crippen LogP contribution in [-0.2, 0) is 6.54 Å². The normalized spacial score (nSPS) is 17.8. The number of benzene rings is 2. The molecule has 1 heterocycles. The van der Waals surface area contributed by atoms with Crippen molar-refractivity contribution in [1.82, 2.24) is 0 Å². The molecule has 1 unspecified atom stereocenters. The molecular formula is C21H27BrNO2+. The number of hydrogen-bond acceptors (Lipinski definition) is 2. The van der Waals surface area contributed by atoms with Crippen LogP contribution in [0.15, 0.2) is 59.1 Å². The van der Waals surface area contributed by atoms with Crippen LogP contribution in [0.25, 0.3) is 0 Å². The summed E-state index contributed by atoms with van der Waals surface area (Å²) in [5.41, 5.74) is 1.35. The van der Waals surface area contributed by atoms with Gasteiger partial charge in [0.05, 0.1) is 13.1 Å². The van der Waals surface area contributed by atoms with Gasteiger partial charge in [-0.15, -0.1) is 0 Å². The largest absolute Gasteiger partial charge is 0.491 e. The van der Waals surface area contributed by atoms with Crippen molar-refractivity contribution in [2.24, 2.45) is 0 Å². The van der Waals surface area contributed by atoms with Crippen LogP contribution in [0.2, 0.25) is 0 Å². The highest BCUT2D eigenvalue weighted by Crippen LogP contribution is 2.24. The summed E-state index contributed by atoms with van der Waals surface area (Å²) < 4.78 is 7.77. The van der Waals surface area contributed by atoms with Gasteiger partial charge in [0.2, 0.25) is 0 Å². The van der Waals surface area contributed by atoms with Crippen LogP contribution >= 0.6 is 15.9 Å². The van der Waals surface area contributed by atoms with Gasteiger partial charge >= 0.3 is 0 Å². The van der Waals surface area contributed by atoms with Gasteiger partial charge in [-0.05, 0) is 43.5 Å². The SMILES string of the molecule is OC(COc1ccc(Br)cc1)C[N+]1(Cc2ccccc2)CCCCC1. The second-order valence-electron chi connectivity index (χ2n) is 7.09. The molecular weight excluding hydrogens is 378 g/mol. The fraction of sp³-hybridized carbons (Fsp3) is 0.429. The summed E-state index contributed by atoms with van der Waals surface area (Å²) in [6, 6.07) is 18.4. The zero-order valence-electron chi connectivity index (χ0n) is 14.6. The topological polar surface area (TPSA) is 29.5 Å². The molecule has 3 rings (SSSR count). The van der Waals surface area contributed by atoms with Gasteiger partial charge in [-0.25, -0.2) is 0 Å². The maximum absolute atomic E-state index is 10.6. The molecule has 0 aliphatic carbocycles. The molecule has 134 valence electrons. The Morgan fingerprint density at radius 1 is 0.960 bits per heavy atom. The molecule has 1 atom stereocenters. The number of aliphatic hydroxyl groups excluding tert-OH is 1. The first kappa shape index (κ1) is 18.4. The molecule has 0 amide bonds. The summed E-state index contributed by atoms with van der Waals surface area (Å²) in [6.07, 6.45) is 3.34. The van der Waals surface area contributed by atoms with E-state index in [0.717, 1.165) is 40.9 Å². The van der Waals surface area contributed by atoms with E-state index in [4.69, 9.17) is 4.74 Å². The third-order valence-corrected chi connectivity index (χ3v) is 5.51. The maximum atomic E-state index is 10.6. The molecule has 0 bridgehead atoms. The highest BCUT2D eigenvalue weighted by molar-refractivity contribution is 9.10. The van der Waals surface area contributed by atoms with E-state index in [2.05, 4.69) is 46.3 Å². The van der Waals surface area contributed by atoms with Crippen LogP contribution in [0.3, 0.4) is 0 Å². The number of hydrogen-bond donors (Lipinski definition) is 1. The smallest absolute Gasteiger partial charge is 0.137 e. The molecule has 1 fully saturated rings. The van der Waals surface area contributed by atoms with Gasteiger partial charge in [0.25, 0.3) is 0 Å². The summed E-state index contributed by atoms with van der Waals surface area (Å²) in [5, 5.41) is 10.6. The van der Waals surface area contributed by atoms with Gasteiger partial charge in [0.15, 0.2) is 0 Å². The van der Waals surface area contributed by atoms with Crippen molar-refractivity contribution in [3.63, 3.8) is 0 Å². The van der Waals surface area contributed by atoms with E-state index in [1.807, 2.05) is 24.3 Å². The van der Waals surface area contributed by atoms with E-state index >= 15 is 0 Å². The maximum Gasteiger partial charge on any atom is 0.137 e. The van der Waals surface area contributed by atoms with Gasteiger partial charge in [-0.3, -0.25) is 0 Å². The minimum Gasteiger partial charge on any atom is -0.491 e. The Morgan fingerprint density at radius 2 is 1.64 bits per heavy atom. The third-order valence-electron chi connectivity index (χ3n) is 4.98. The monoisotopic (exact) mass is 404 g/mol. The number of aliphatic hydroxyl groups is 1. The number of likely N-dealkylation sites (tertiary alicyclic amines) is 1. The summed E-state index contributed by atoms with van der Waals surface area (Å²) >= 11 is 3.42. The molecule has 0 spiro atoms. The van der Waals surface area contributed by atoms with Crippen LogP contribution in [0.5, 0.6) is 5.75 Å². The molecule has 2 aromatic rings. The molecule has 3 nitrogen and oxygen atoms in total. The number of rotatable bonds is 7. The first-order valence-electron chi connectivity index (χ1n) is 9.11. The lowest BCUT2D eigenvalue weighted by atomic mass is 10.0. The summed E-state index contributed by atoms with van der Waals surface area (Å²) in [6.45, 7) is 4.38. The van der Waals surface area contributed by atoms with Crippen LogP contribution < -0.4 is 4.74 Å². The zero-order valence-corrected chi connectivity index (χ0v) is 16.2. The molecule has 0 radical (unpaired) electrons. The lowest BCUT2D eigenvalue weighted by Gasteiger charge is -2.42. The van der Waals surface area contributed by atoms with Crippen molar-refractivity contribution >= 4 is 15.9 Å². The van der Waals surface area contributed by atoms with Crippen LogP contribution in [0.4, 0.5) is 0 Å². The molecule has 4 heteroatoms. The van der Waals surface area contributed by atoms with E-state index in [1.165, 1.54) is 24.8 Å². The average molecular weight is 405 g/mol. The lowest BCUT2D eigenvalue weighted by molar-refractivity contribution is -0.947. The quantitative estimate of drug-likeness (QED) is 0.693. The van der Waals surface area contributed by atoms with Crippen molar-refractivity contribution in [1.29, 1.82) is 0 Å². The zero-order chi connectivity index (χ0) is 17.5. The lowest BCUT2D eigenvalue weighted by Crippen LogP contribution is -2.55. The molecule has 25 heavy (non-hydrogen) atoms. The molecule has 1 aliphatic heterocycles. The third kappa shape index (κ3) is 5.56. The number of ether oxygens (including phenoxy) is 1. The molecule has 0 aromatic heterocycles. The second kappa shape index (κ2) is 8.84. The van der Waals surface area contributed by atoms with Gasteiger partial charge in [0, 0.05) is 10.0 Å². The molecule has 0 saturated carbocycles. The predicted molar refractivity (Wildman–Crippen MR) is 105 cm³/mol. The minimum absolute atomic E-state index is 0.344. The molecule has 1 N–H and O–H groups in total. The predicted octanol–water partition coefficient (Wildman–Crippen LogP) is 4.39. The van der Waals surface area contributed by atoms with Crippen molar-refractivity contribution in [2.45, 2.75) is 31.9 Å². The van der Waals surface area contributed by atoms with Crippen LogP contribution in [0.1, 0.15) is 24.8 Å². The van der Waals surface area contributed by atoms with Crippen molar-refractivity contribution < 1.29 is 14.3 Å². The van der Waals surface area contributed by atoms with E-state index in [-0.39, 0.29) is 0 Å². The molecule has 1 aliphatic rings. The Morgan fingerprint density at radius 3 is 2.32 bits per heavy atom. The highest BCUT2D eigenvalue weighted by atomic mass is 79.9. The van der Waals surface area contributed by atoms with E-state index in [9.17, 15) is 5.11 Å². The van der Waals surface area contributed by atoms with E-state index in [0.29, 0.717) is 6.61 Å². The van der Waals surface area contributed by atoms with Gasteiger partial charge in [0.1, 0.15) is 31.5 Å². The van der Waals surface area contributed by atoms with Gasteiger partial charge in [-0.2, -0.15) is 0 Å². The Hall–Kier alpha value is -1.36. The van der Waals surface area contributed by atoms with E-state index < -0.39 is 6.10 Å². The summed E-state index contributed by atoms with van der Waals surface area (Å²) in [5.74, 6) is 0.801. The Kier molecular flexibility index (Phi) is 6.51. The van der Waals surface area contributed by atoms with Crippen molar-refractivity contribution in [3.05, 3.63) is 64.6 Å². The fourth-order valence-electron chi connectivity index (χ4n) is 3.78. The Balaban J connectivity index is 1.60. The minimum atomic E-state index is -0.453. The van der Waals surface area contributed by atoms with Crippen LogP contribution in [0, 0.1) is 0 Å². The fourth-order valence-corrected chi connectivity index (χ4v) is 4.05. The Bertz CT molecular complexity index is 639.